The van der Waals surface area contributed by atoms with Crippen molar-refractivity contribution in [2.45, 2.75) is 12.2 Å². The van der Waals surface area contributed by atoms with E-state index in [0.29, 0.717) is 0 Å². The molecule has 5 heteroatoms. The van der Waals surface area contributed by atoms with E-state index < -0.39 is 17.8 Å². The fourth-order valence-electron chi connectivity index (χ4n) is 1.30. The molecule has 1 N–H and O–H groups in total. The van der Waals surface area contributed by atoms with E-state index in [1.807, 2.05) is 0 Å². The fourth-order valence-corrected chi connectivity index (χ4v) is 1.30. The number of nitrogens with zero attached hydrogens (tertiary/aromatic N) is 1. The number of nitrogens with one attached hydrogen (secondary N) is 1. The molecule has 0 aliphatic rings. The third kappa shape index (κ3) is 2.48. The van der Waals surface area contributed by atoms with Crippen molar-refractivity contribution in [1.82, 2.24) is 5.32 Å². The Kier molecular flexibility index (Phi) is 3.32. The highest BCUT2D eigenvalue weighted by molar-refractivity contribution is 5.35. The highest BCUT2D eigenvalue weighted by Gasteiger charge is 2.34. The van der Waals surface area contributed by atoms with Crippen molar-refractivity contribution in [3.63, 3.8) is 0 Å². The highest BCUT2D eigenvalue weighted by atomic mass is 19.4. The van der Waals surface area contributed by atoms with Crippen LogP contribution in [0.15, 0.2) is 24.3 Å². The van der Waals surface area contributed by atoms with Gasteiger partial charge in [-0.05, 0) is 18.7 Å². The number of hydrogen-bond acceptors (Lipinski definition) is 2. The van der Waals surface area contributed by atoms with E-state index in [2.05, 4.69) is 5.32 Å². The van der Waals surface area contributed by atoms with Crippen molar-refractivity contribution in [3.05, 3.63) is 35.4 Å². The Hall–Kier alpha value is -1.54. The van der Waals surface area contributed by atoms with Gasteiger partial charge in [-0.1, -0.05) is 18.2 Å². The smallest absolute Gasteiger partial charge is 0.301 e. The average molecular weight is 214 g/mol. The summed E-state index contributed by atoms with van der Waals surface area (Å²) in [6, 6.07) is 5.88. The minimum absolute atomic E-state index is 0.0463. The molecular formula is C10H9F3N2. The van der Waals surface area contributed by atoms with E-state index in [9.17, 15) is 13.2 Å². The van der Waals surface area contributed by atoms with E-state index in [0.717, 1.165) is 6.07 Å². The van der Waals surface area contributed by atoms with Crippen LogP contribution in [0.5, 0.6) is 0 Å². The Morgan fingerprint density at radius 1 is 1.33 bits per heavy atom. The van der Waals surface area contributed by atoms with Gasteiger partial charge in [0.15, 0.2) is 0 Å². The summed E-state index contributed by atoms with van der Waals surface area (Å²) in [7, 11) is 1.45. The van der Waals surface area contributed by atoms with Gasteiger partial charge in [0.05, 0.1) is 11.6 Å². The number of hydrogen-bond donors (Lipinski definition) is 1. The Bertz CT molecular complexity index is 379. The summed E-state index contributed by atoms with van der Waals surface area (Å²) in [6.45, 7) is 0. The minimum Gasteiger partial charge on any atom is -0.301 e. The van der Waals surface area contributed by atoms with E-state index >= 15 is 0 Å². The molecule has 80 valence electrons. The Morgan fingerprint density at radius 3 is 2.40 bits per heavy atom. The molecule has 1 atom stereocenters. The van der Waals surface area contributed by atoms with Gasteiger partial charge < -0.3 is 5.32 Å². The number of alkyl halides is 3. The molecule has 1 aromatic carbocycles. The lowest BCUT2D eigenvalue weighted by Crippen LogP contribution is -2.19. The Balaban J connectivity index is 3.24. The van der Waals surface area contributed by atoms with Gasteiger partial charge in [0.2, 0.25) is 0 Å². The zero-order chi connectivity index (χ0) is 11.5. The minimum atomic E-state index is -4.43. The van der Waals surface area contributed by atoms with Crippen LogP contribution >= 0.6 is 0 Å². The van der Waals surface area contributed by atoms with Crippen LogP contribution in [0.2, 0.25) is 0 Å². The molecule has 0 aromatic heterocycles. The Morgan fingerprint density at radius 2 is 1.93 bits per heavy atom. The SMILES string of the molecule is CNC(C#N)c1ccccc1C(F)(F)F. The molecule has 1 unspecified atom stereocenters. The standard InChI is InChI=1S/C10H9F3N2/c1-15-9(6-14)7-4-2-3-5-8(7)10(11,12)13/h2-5,9,15H,1H3. The zero-order valence-electron chi connectivity index (χ0n) is 7.97. The maximum Gasteiger partial charge on any atom is 0.416 e. The second kappa shape index (κ2) is 4.32. The molecule has 0 saturated carbocycles. The van der Waals surface area contributed by atoms with Crippen molar-refractivity contribution in [2.75, 3.05) is 7.05 Å². The summed E-state index contributed by atoms with van der Waals surface area (Å²) in [5.41, 5.74) is -0.819. The van der Waals surface area contributed by atoms with Gasteiger partial charge in [-0.3, -0.25) is 0 Å². The van der Waals surface area contributed by atoms with Crippen LogP contribution in [0.3, 0.4) is 0 Å². The topological polar surface area (TPSA) is 35.8 Å². The molecule has 0 spiro atoms. The van der Waals surface area contributed by atoms with Gasteiger partial charge in [0, 0.05) is 0 Å². The van der Waals surface area contributed by atoms with Crippen molar-refractivity contribution < 1.29 is 13.2 Å². The molecule has 2 nitrogen and oxygen atoms in total. The maximum absolute atomic E-state index is 12.5. The second-order valence-electron chi connectivity index (χ2n) is 2.94. The first-order valence-electron chi connectivity index (χ1n) is 4.23. The summed E-state index contributed by atoms with van der Waals surface area (Å²) in [5, 5.41) is 11.2. The first kappa shape index (κ1) is 11.5. The summed E-state index contributed by atoms with van der Waals surface area (Å²) < 4.78 is 37.6. The fraction of sp³-hybridized carbons (Fsp3) is 0.300. The molecule has 15 heavy (non-hydrogen) atoms. The van der Waals surface area contributed by atoms with Crippen LogP contribution < -0.4 is 5.32 Å². The molecule has 0 fully saturated rings. The Labute approximate surface area is 85.3 Å². The van der Waals surface area contributed by atoms with Crippen LogP contribution in [0.1, 0.15) is 17.2 Å². The lowest BCUT2D eigenvalue weighted by molar-refractivity contribution is -0.138. The zero-order valence-corrected chi connectivity index (χ0v) is 7.97. The normalized spacial score (nSPS) is 13.3. The third-order valence-corrected chi connectivity index (χ3v) is 1.99. The quantitative estimate of drug-likeness (QED) is 0.820. The molecule has 0 aliphatic carbocycles. The molecule has 0 amide bonds. The van der Waals surface area contributed by atoms with E-state index in [4.69, 9.17) is 5.26 Å². The predicted octanol–water partition coefficient (Wildman–Crippen LogP) is 2.49. The molecule has 1 aromatic rings. The monoisotopic (exact) mass is 214 g/mol. The summed E-state index contributed by atoms with van der Waals surface area (Å²) in [6.07, 6.45) is -4.43. The van der Waals surface area contributed by atoms with E-state index in [-0.39, 0.29) is 5.56 Å². The predicted molar refractivity (Wildman–Crippen MR) is 48.9 cm³/mol. The van der Waals surface area contributed by atoms with Gasteiger partial charge in [-0.15, -0.1) is 0 Å². The molecule has 0 aliphatic heterocycles. The summed E-state index contributed by atoms with van der Waals surface area (Å²) in [5.74, 6) is 0. The maximum atomic E-state index is 12.5. The van der Waals surface area contributed by atoms with Crippen LogP contribution in [0.4, 0.5) is 13.2 Å². The molecule has 0 radical (unpaired) electrons. The van der Waals surface area contributed by atoms with Crippen LogP contribution in [-0.2, 0) is 6.18 Å². The average Bonchev–Trinajstić information content (AvgIpc) is 2.19. The van der Waals surface area contributed by atoms with Gasteiger partial charge in [-0.2, -0.15) is 18.4 Å². The largest absolute Gasteiger partial charge is 0.416 e. The number of benzene rings is 1. The number of rotatable bonds is 2. The van der Waals surface area contributed by atoms with Gasteiger partial charge in [0.25, 0.3) is 0 Å². The first-order chi connectivity index (χ1) is 7.00. The molecular weight excluding hydrogens is 205 g/mol. The third-order valence-electron chi connectivity index (χ3n) is 1.99. The van der Waals surface area contributed by atoms with Gasteiger partial charge in [-0.25, -0.2) is 0 Å². The van der Waals surface area contributed by atoms with Crippen LogP contribution in [0, 0.1) is 11.3 Å². The van der Waals surface area contributed by atoms with Crippen molar-refractivity contribution >= 4 is 0 Å². The molecule has 0 heterocycles. The van der Waals surface area contributed by atoms with E-state index in [1.165, 1.54) is 25.2 Å². The van der Waals surface area contributed by atoms with Crippen molar-refractivity contribution in [3.8, 4) is 6.07 Å². The molecule has 0 bridgehead atoms. The van der Waals surface area contributed by atoms with Crippen LogP contribution in [0.25, 0.3) is 0 Å². The van der Waals surface area contributed by atoms with Crippen molar-refractivity contribution in [2.24, 2.45) is 0 Å². The summed E-state index contributed by atoms with van der Waals surface area (Å²) >= 11 is 0. The first-order valence-corrected chi connectivity index (χ1v) is 4.23. The number of nitriles is 1. The number of halogens is 3. The van der Waals surface area contributed by atoms with Crippen molar-refractivity contribution in [1.29, 1.82) is 5.26 Å². The highest BCUT2D eigenvalue weighted by Crippen LogP contribution is 2.34. The van der Waals surface area contributed by atoms with Gasteiger partial charge >= 0.3 is 6.18 Å². The van der Waals surface area contributed by atoms with Gasteiger partial charge in [0.1, 0.15) is 6.04 Å². The van der Waals surface area contributed by atoms with E-state index in [1.54, 1.807) is 6.07 Å². The second-order valence-corrected chi connectivity index (χ2v) is 2.94. The lowest BCUT2D eigenvalue weighted by Gasteiger charge is -2.15. The van der Waals surface area contributed by atoms with Crippen LogP contribution in [-0.4, -0.2) is 7.05 Å². The lowest BCUT2D eigenvalue weighted by atomic mass is 10.0. The molecule has 0 saturated heterocycles. The molecule has 1 rings (SSSR count). The summed E-state index contributed by atoms with van der Waals surface area (Å²) in [4.78, 5) is 0.